The molecular formula is C13H15FN2O2S. The largest absolute Gasteiger partial charge is 0.320 e. The van der Waals surface area contributed by atoms with Crippen molar-refractivity contribution >= 4 is 10.0 Å². The minimum Gasteiger partial charge on any atom is -0.320 e. The van der Waals surface area contributed by atoms with Crippen LogP contribution in [0.3, 0.4) is 0 Å². The summed E-state index contributed by atoms with van der Waals surface area (Å²) in [6.45, 7) is 1.92. The van der Waals surface area contributed by atoms with Crippen LogP contribution in [0.4, 0.5) is 4.39 Å². The first-order valence-electron chi connectivity index (χ1n) is 5.89. The molecule has 1 aromatic carbocycles. The highest BCUT2D eigenvalue weighted by Crippen LogP contribution is 2.36. The highest BCUT2D eigenvalue weighted by Gasteiger charge is 2.41. The summed E-state index contributed by atoms with van der Waals surface area (Å²) in [6, 6.07) is 3.44. The van der Waals surface area contributed by atoms with E-state index < -0.39 is 15.8 Å². The Balaban J connectivity index is 2.43. The van der Waals surface area contributed by atoms with E-state index >= 15 is 0 Å². The van der Waals surface area contributed by atoms with Gasteiger partial charge in [-0.2, -0.15) is 0 Å². The lowest BCUT2D eigenvalue weighted by atomic mass is 10.2. The summed E-state index contributed by atoms with van der Waals surface area (Å²) >= 11 is 0. The second-order valence-corrected chi connectivity index (χ2v) is 6.46. The number of nitrogens with one attached hydrogen (secondary N) is 1. The second-order valence-electron chi connectivity index (χ2n) is 4.81. The van der Waals surface area contributed by atoms with E-state index in [-0.39, 0.29) is 22.5 Å². The van der Waals surface area contributed by atoms with Crippen LogP contribution in [0.2, 0.25) is 0 Å². The molecule has 3 N–H and O–H groups in total. The lowest BCUT2D eigenvalue weighted by Gasteiger charge is -2.13. The number of benzene rings is 1. The van der Waals surface area contributed by atoms with Gasteiger partial charge in [-0.05, 0) is 38.0 Å². The zero-order valence-electron chi connectivity index (χ0n) is 10.5. The summed E-state index contributed by atoms with van der Waals surface area (Å²) in [5.74, 6) is 4.60. The van der Waals surface area contributed by atoms with E-state index in [9.17, 15) is 12.8 Å². The average Bonchev–Trinajstić information content (AvgIpc) is 3.02. The quantitative estimate of drug-likeness (QED) is 0.811. The zero-order valence-corrected chi connectivity index (χ0v) is 11.3. The van der Waals surface area contributed by atoms with E-state index in [0.717, 1.165) is 25.0 Å². The molecule has 0 saturated heterocycles. The third-order valence-electron chi connectivity index (χ3n) is 2.94. The summed E-state index contributed by atoms with van der Waals surface area (Å²) in [5.41, 5.74) is 5.00. The van der Waals surface area contributed by atoms with Crippen LogP contribution in [0, 0.1) is 17.7 Å². The van der Waals surface area contributed by atoms with Crippen molar-refractivity contribution in [2.24, 2.45) is 5.73 Å². The highest BCUT2D eigenvalue weighted by atomic mass is 32.2. The maximum absolute atomic E-state index is 13.2. The first-order valence-corrected chi connectivity index (χ1v) is 7.37. The Bertz CT molecular complexity index is 655. The zero-order chi connectivity index (χ0) is 14.1. The van der Waals surface area contributed by atoms with Crippen LogP contribution < -0.4 is 10.5 Å². The molecule has 0 aromatic heterocycles. The molecule has 0 spiro atoms. The number of sulfonamides is 1. The maximum Gasteiger partial charge on any atom is 0.242 e. The minimum atomic E-state index is -3.69. The van der Waals surface area contributed by atoms with Gasteiger partial charge in [-0.1, -0.05) is 11.8 Å². The van der Waals surface area contributed by atoms with Gasteiger partial charge in [0, 0.05) is 11.1 Å². The van der Waals surface area contributed by atoms with Crippen molar-refractivity contribution < 1.29 is 12.8 Å². The van der Waals surface area contributed by atoms with Gasteiger partial charge < -0.3 is 5.73 Å². The smallest absolute Gasteiger partial charge is 0.242 e. The van der Waals surface area contributed by atoms with E-state index in [1.807, 2.05) is 6.92 Å². The minimum absolute atomic E-state index is 0.0111. The molecule has 1 saturated carbocycles. The molecule has 1 aromatic rings. The molecule has 4 nitrogen and oxygen atoms in total. The van der Waals surface area contributed by atoms with Gasteiger partial charge >= 0.3 is 0 Å². The summed E-state index contributed by atoms with van der Waals surface area (Å²) in [7, 11) is -3.69. The van der Waals surface area contributed by atoms with Crippen LogP contribution in [-0.2, 0) is 10.0 Å². The Kier molecular flexibility index (Phi) is 3.63. The molecule has 0 bridgehead atoms. The summed E-state index contributed by atoms with van der Waals surface area (Å²) < 4.78 is 40.3. The van der Waals surface area contributed by atoms with Crippen LogP contribution in [0.15, 0.2) is 23.1 Å². The van der Waals surface area contributed by atoms with Crippen LogP contribution in [0.1, 0.15) is 25.3 Å². The molecule has 0 amide bonds. The Morgan fingerprint density at radius 3 is 2.74 bits per heavy atom. The van der Waals surface area contributed by atoms with E-state index in [1.165, 1.54) is 6.07 Å². The third-order valence-corrected chi connectivity index (χ3v) is 4.63. The summed E-state index contributed by atoms with van der Waals surface area (Å²) in [5, 5.41) is 0. The molecule has 1 fully saturated rings. The standard InChI is InChI=1S/C13H15FN2O2S/c1-13(6-7-13)16-19(17,18)12-5-4-11(14)9-10(12)3-2-8-15/h4-5,9,16H,6-8,15H2,1H3. The van der Waals surface area contributed by atoms with Gasteiger partial charge in [0.15, 0.2) is 0 Å². The molecule has 2 rings (SSSR count). The first-order chi connectivity index (χ1) is 8.86. The van der Waals surface area contributed by atoms with Gasteiger partial charge in [0.1, 0.15) is 5.82 Å². The van der Waals surface area contributed by atoms with E-state index in [0.29, 0.717) is 0 Å². The Morgan fingerprint density at radius 2 is 2.16 bits per heavy atom. The molecule has 0 atom stereocenters. The van der Waals surface area contributed by atoms with Gasteiger partial charge in [0.05, 0.1) is 11.4 Å². The van der Waals surface area contributed by atoms with Crippen molar-refractivity contribution in [2.75, 3.05) is 6.54 Å². The normalized spacial score (nSPS) is 16.6. The number of halogens is 1. The molecule has 0 aliphatic heterocycles. The number of hydrogen-bond acceptors (Lipinski definition) is 3. The summed E-state index contributed by atoms with van der Waals surface area (Å²) in [6.07, 6.45) is 1.61. The fourth-order valence-corrected chi connectivity index (χ4v) is 3.26. The number of nitrogens with two attached hydrogens (primary N) is 1. The molecular weight excluding hydrogens is 267 g/mol. The predicted octanol–water partition coefficient (Wildman–Crippen LogP) is 0.967. The van der Waals surface area contributed by atoms with Crippen molar-refractivity contribution in [2.45, 2.75) is 30.2 Å². The second kappa shape index (κ2) is 4.93. The fourth-order valence-electron chi connectivity index (χ4n) is 1.65. The topological polar surface area (TPSA) is 72.2 Å². The van der Waals surface area contributed by atoms with E-state index in [2.05, 4.69) is 16.6 Å². The van der Waals surface area contributed by atoms with Crippen molar-refractivity contribution in [3.63, 3.8) is 0 Å². The lowest BCUT2D eigenvalue weighted by molar-refractivity contribution is 0.557. The fraction of sp³-hybridized carbons (Fsp3) is 0.385. The Hall–Kier alpha value is -1.42. The van der Waals surface area contributed by atoms with Gasteiger partial charge in [-0.3, -0.25) is 0 Å². The molecule has 19 heavy (non-hydrogen) atoms. The first kappa shape index (κ1) is 14.0. The molecule has 1 aliphatic rings. The molecule has 102 valence electrons. The van der Waals surface area contributed by atoms with Crippen molar-refractivity contribution in [1.82, 2.24) is 4.72 Å². The van der Waals surface area contributed by atoms with E-state index in [4.69, 9.17) is 5.73 Å². The van der Waals surface area contributed by atoms with Gasteiger partial charge in [0.25, 0.3) is 0 Å². The Morgan fingerprint density at radius 1 is 1.47 bits per heavy atom. The number of hydrogen-bond donors (Lipinski definition) is 2. The molecule has 6 heteroatoms. The highest BCUT2D eigenvalue weighted by molar-refractivity contribution is 7.89. The van der Waals surface area contributed by atoms with Crippen molar-refractivity contribution in [3.05, 3.63) is 29.6 Å². The summed E-state index contributed by atoms with van der Waals surface area (Å²) in [4.78, 5) is -0.0111. The predicted molar refractivity (Wildman–Crippen MR) is 70.3 cm³/mol. The van der Waals surface area contributed by atoms with Crippen LogP contribution in [-0.4, -0.2) is 20.5 Å². The lowest BCUT2D eigenvalue weighted by Crippen LogP contribution is -2.34. The van der Waals surface area contributed by atoms with Crippen molar-refractivity contribution in [3.8, 4) is 11.8 Å². The average molecular weight is 282 g/mol. The van der Waals surface area contributed by atoms with Crippen LogP contribution in [0.25, 0.3) is 0 Å². The molecule has 1 aliphatic carbocycles. The molecule has 0 heterocycles. The molecule has 0 radical (unpaired) electrons. The van der Waals surface area contributed by atoms with Crippen molar-refractivity contribution in [1.29, 1.82) is 0 Å². The van der Waals surface area contributed by atoms with Crippen LogP contribution in [0.5, 0.6) is 0 Å². The number of rotatable bonds is 3. The van der Waals surface area contributed by atoms with Gasteiger partial charge in [-0.15, -0.1) is 0 Å². The van der Waals surface area contributed by atoms with Gasteiger partial charge in [-0.25, -0.2) is 17.5 Å². The third kappa shape index (κ3) is 3.32. The SMILES string of the molecule is CC1(NS(=O)(=O)c2ccc(F)cc2C#CCN)CC1. The van der Waals surface area contributed by atoms with Crippen LogP contribution >= 0.6 is 0 Å². The van der Waals surface area contributed by atoms with E-state index in [1.54, 1.807) is 0 Å². The van der Waals surface area contributed by atoms with Gasteiger partial charge in [0.2, 0.25) is 10.0 Å². The maximum atomic E-state index is 13.2. The monoisotopic (exact) mass is 282 g/mol. The molecule has 0 unspecified atom stereocenters. The Labute approximate surface area is 112 Å².